The molecule has 0 aliphatic rings. The molecule has 4 heteroatoms. The standard InChI is InChI=1S/C14H9IN2O/c15-12-3-1-11(2-4-12)14(18)13(9-16)10-5-7-17-8-6-10/h1-8,13H. The van der Waals surface area contributed by atoms with Gasteiger partial charge in [0.05, 0.1) is 6.07 Å². The summed E-state index contributed by atoms with van der Waals surface area (Å²) in [5.74, 6) is -0.951. The van der Waals surface area contributed by atoms with Crippen LogP contribution in [0.5, 0.6) is 0 Å². The van der Waals surface area contributed by atoms with E-state index in [1.54, 1.807) is 36.7 Å². The first-order valence-corrected chi connectivity index (χ1v) is 6.39. The number of aromatic nitrogens is 1. The van der Waals surface area contributed by atoms with Gasteiger partial charge in [0.2, 0.25) is 0 Å². The maximum Gasteiger partial charge on any atom is 0.184 e. The predicted molar refractivity (Wildman–Crippen MR) is 76.1 cm³/mol. The van der Waals surface area contributed by atoms with Crippen LogP contribution in [0.2, 0.25) is 0 Å². The number of rotatable bonds is 3. The molecule has 0 bridgehead atoms. The first-order chi connectivity index (χ1) is 8.72. The average molecular weight is 348 g/mol. The smallest absolute Gasteiger partial charge is 0.184 e. The second kappa shape index (κ2) is 5.74. The molecule has 0 radical (unpaired) electrons. The van der Waals surface area contributed by atoms with Crippen molar-refractivity contribution in [2.75, 3.05) is 0 Å². The highest BCUT2D eigenvalue weighted by molar-refractivity contribution is 14.1. The summed E-state index contributed by atoms with van der Waals surface area (Å²) in [7, 11) is 0. The van der Waals surface area contributed by atoms with E-state index in [0.717, 1.165) is 3.57 Å². The van der Waals surface area contributed by atoms with Gasteiger partial charge in [-0.05, 0) is 52.4 Å². The van der Waals surface area contributed by atoms with Crippen molar-refractivity contribution in [1.82, 2.24) is 4.98 Å². The molecule has 0 aliphatic heterocycles. The maximum atomic E-state index is 12.2. The number of benzene rings is 1. The van der Waals surface area contributed by atoms with Crippen LogP contribution in [0.1, 0.15) is 21.8 Å². The van der Waals surface area contributed by atoms with Crippen molar-refractivity contribution in [2.45, 2.75) is 5.92 Å². The number of carbonyl (C=O) groups excluding carboxylic acids is 1. The normalized spacial score (nSPS) is 11.6. The van der Waals surface area contributed by atoms with Crippen LogP contribution in [-0.2, 0) is 0 Å². The zero-order chi connectivity index (χ0) is 13.0. The lowest BCUT2D eigenvalue weighted by molar-refractivity contribution is 0.0979. The van der Waals surface area contributed by atoms with E-state index in [1.807, 2.05) is 12.1 Å². The van der Waals surface area contributed by atoms with E-state index < -0.39 is 5.92 Å². The highest BCUT2D eigenvalue weighted by atomic mass is 127. The molecule has 0 saturated carbocycles. The Morgan fingerprint density at radius 2 is 1.78 bits per heavy atom. The van der Waals surface area contributed by atoms with Gasteiger partial charge in [-0.2, -0.15) is 5.26 Å². The van der Waals surface area contributed by atoms with E-state index in [2.05, 4.69) is 33.6 Å². The summed E-state index contributed by atoms with van der Waals surface area (Å²) in [6.45, 7) is 0. The number of Topliss-reactive ketones (excluding diaryl/α,β-unsaturated/α-hetero) is 1. The third kappa shape index (κ3) is 2.74. The zero-order valence-electron chi connectivity index (χ0n) is 9.38. The second-order valence-electron chi connectivity index (χ2n) is 3.71. The Hall–Kier alpha value is -1.74. The molecule has 1 unspecified atom stereocenters. The fourth-order valence-electron chi connectivity index (χ4n) is 1.62. The van der Waals surface area contributed by atoms with E-state index >= 15 is 0 Å². The first-order valence-electron chi connectivity index (χ1n) is 5.31. The van der Waals surface area contributed by atoms with Crippen molar-refractivity contribution in [3.8, 4) is 6.07 Å². The Bertz CT molecular complexity index is 587. The third-order valence-corrected chi connectivity index (χ3v) is 3.28. The zero-order valence-corrected chi connectivity index (χ0v) is 11.5. The minimum absolute atomic E-state index is 0.180. The molecule has 0 N–H and O–H groups in total. The van der Waals surface area contributed by atoms with Gasteiger partial charge in [-0.3, -0.25) is 9.78 Å². The molecular formula is C14H9IN2O. The van der Waals surface area contributed by atoms with Crippen molar-refractivity contribution < 1.29 is 4.79 Å². The van der Waals surface area contributed by atoms with Crippen molar-refractivity contribution >= 4 is 28.4 Å². The van der Waals surface area contributed by atoms with E-state index in [4.69, 9.17) is 0 Å². The molecule has 0 aliphatic carbocycles. The maximum absolute atomic E-state index is 12.2. The molecule has 2 rings (SSSR count). The number of hydrogen-bond donors (Lipinski definition) is 0. The molecular weight excluding hydrogens is 339 g/mol. The lowest BCUT2D eigenvalue weighted by Crippen LogP contribution is -2.11. The third-order valence-electron chi connectivity index (χ3n) is 2.56. The van der Waals surface area contributed by atoms with Crippen LogP contribution in [0.25, 0.3) is 0 Å². The Balaban J connectivity index is 2.32. The summed E-state index contributed by atoms with van der Waals surface area (Å²) >= 11 is 2.17. The van der Waals surface area contributed by atoms with Crippen LogP contribution < -0.4 is 0 Å². The summed E-state index contributed by atoms with van der Waals surface area (Å²) < 4.78 is 1.06. The molecule has 88 valence electrons. The Morgan fingerprint density at radius 1 is 1.17 bits per heavy atom. The number of carbonyl (C=O) groups is 1. The Morgan fingerprint density at radius 3 is 2.33 bits per heavy atom. The van der Waals surface area contributed by atoms with Gasteiger partial charge < -0.3 is 0 Å². The lowest BCUT2D eigenvalue weighted by atomic mass is 9.93. The van der Waals surface area contributed by atoms with E-state index in [9.17, 15) is 10.1 Å². The lowest BCUT2D eigenvalue weighted by Gasteiger charge is -2.08. The van der Waals surface area contributed by atoms with Crippen molar-refractivity contribution in [2.24, 2.45) is 0 Å². The van der Waals surface area contributed by atoms with Crippen LogP contribution in [0, 0.1) is 14.9 Å². The van der Waals surface area contributed by atoms with E-state index in [1.165, 1.54) is 0 Å². The monoisotopic (exact) mass is 348 g/mol. The number of pyridine rings is 1. The molecule has 0 spiro atoms. The number of nitrogens with zero attached hydrogens (tertiary/aromatic N) is 2. The van der Waals surface area contributed by atoms with Crippen molar-refractivity contribution in [3.05, 3.63) is 63.5 Å². The van der Waals surface area contributed by atoms with E-state index in [0.29, 0.717) is 11.1 Å². The Labute approximate surface area is 119 Å². The second-order valence-corrected chi connectivity index (χ2v) is 4.96. The van der Waals surface area contributed by atoms with Gasteiger partial charge in [-0.15, -0.1) is 0 Å². The fourth-order valence-corrected chi connectivity index (χ4v) is 1.98. The van der Waals surface area contributed by atoms with Crippen LogP contribution in [0.3, 0.4) is 0 Å². The topological polar surface area (TPSA) is 53.8 Å². The molecule has 1 aromatic carbocycles. The Kier molecular flexibility index (Phi) is 4.05. The van der Waals surface area contributed by atoms with Crippen LogP contribution in [0.15, 0.2) is 48.8 Å². The SMILES string of the molecule is N#CC(C(=O)c1ccc(I)cc1)c1ccncc1. The number of hydrogen-bond acceptors (Lipinski definition) is 3. The highest BCUT2D eigenvalue weighted by Crippen LogP contribution is 2.20. The van der Waals surface area contributed by atoms with Gasteiger partial charge in [0.15, 0.2) is 5.78 Å². The van der Waals surface area contributed by atoms with Crippen LogP contribution in [0.4, 0.5) is 0 Å². The summed E-state index contributed by atoms with van der Waals surface area (Å²) in [5.41, 5.74) is 1.23. The molecule has 0 saturated heterocycles. The number of ketones is 1. The summed E-state index contributed by atoms with van der Waals surface area (Å²) in [6, 6.07) is 12.6. The largest absolute Gasteiger partial charge is 0.292 e. The number of halogens is 1. The molecule has 3 nitrogen and oxygen atoms in total. The van der Waals surface area contributed by atoms with E-state index in [-0.39, 0.29) is 5.78 Å². The molecule has 1 heterocycles. The summed E-state index contributed by atoms with van der Waals surface area (Å²) in [4.78, 5) is 16.1. The quantitative estimate of drug-likeness (QED) is 0.632. The highest BCUT2D eigenvalue weighted by Gasteiger charge is 2.21. The van der Waals surface area contributed by atoms with Gasteiger partial charge in [0.1, 0.15) is 5.92 Å². The minimum atomic E-state index is -0.770. The van der Waals surface area contributed by atoms with Gasteiger partial charge in [-0.1, -0.05) is 12.1 Å². The predicted octanol–water partition coefficient (Wildman–Crippen LogP) is 3.18. The molecule has 1 aromatic heterocycles. The van der Waals surface area contributed by atoms with Crippen molar-refractivity contribution in [1.29, 1.82) is 5.26 Å². The molecule has 18 heavy (non-hydrogen) atoms. The van der Waals surface area contributed by atoms with Gasteiger partial charge in [-0.25, -0.2) is 0 Å². The molecule has 1 atom stereocenters. The molecule has 2 aromatic rings. The summed E-state index contributed by atoms with van der Waals surface area (Å²) in [6.07, 6.45) is 3.17. The average Bonchev–Trinajstić information content (AvgIpc) is 2.41. The van der Waals surface area contributed by atoms with Crippen LogP contribution in [-0.4, -0.2) is 10.8 Å². The minimum Gasteiger partial charge on any atom is -0.292 e. The van der Waals surface area contributed by atoms with Gasteiger partial charge in [0.25, 0.3) is 0 Å². The van der Waals surface area contributed by atoms with Gasteiger partial charge >= 0.3 is 0 Å². The molecule has 0 fully saturated rings. The first kappa shape index (κ1) is 12.7. The van der Waals surface area contributed by atoms with Crippen LogP contribution >= 0.6 is 22.6 Å². The number of nitriles is 1. The molecule has 0 amide bonds. The fraction of sp³-hybridized carbons (Fsp3) is 0.0714. The summed E-state index contributed by atoms with van der Waals surface area (Å²) in [5, 5.41) is 9.17. The van der Waals surface area contributed by atoms with Gasteiger partial charge in [0, 0.05) is 21.5 Å². The van der Waals surface area contributed by atoms with Crippen molar-refractivity contribution in [3.63, 3.8) is 0 Å².